The summed E-state index contributed by atoms with van der Waals surface area (Å²) >= 11 is 0. The molecule has 1 atom stereocenters. The van der Waals surface area contributed by atoms with E-state index in [0.29, 0.717) is 17.8 Å². The summed E-state index contributed by atoms with van der Waals surface area (Å²) in [5, 5.41) is 9.80. The van der Waals surface area contributed by atoms with Crippen LogP contribution in [0.25, 0.3) is 0 Å². The molecule has 0 saturated heterocycles. The number of hydrogen-bond donors (Lipinski definition) is 1. The van der Waals surface area contributed by atoms with Gasteiger partial charge in [-0.15, -0.1) is 0 Å². The lowest BCUT2D eigenvalue weighted by Crippen LogP contribution is -2.48. The Kier molecular flexibility index (Phi) is 2.69. The first-order valence-electron chi connectivity index (χ1n) is 7.83. The van der Waals surface area contributed by atoms with Gasteiger partial charge in [-0.05, 0) is 61.7 Å². The molecule has 4 fully saturated rings. The Morgan fingerprint density at radius 2 is 1.85 bits per heavy atom. The molecule has 108 valence electrons. The van der Waals surface area contributed by atoms with E-state index in [1.54, 1.807) is 6.20 Å². The predicted molar refractivity (Wildman–Crippen MR) is 74.1 cm³/mol. The number of imidazole rings is 1. The fourth-order valence-electron chi connectivity index (χ4n) is 5.64. The molecule has 1 aromatic heterocycles. The maximum absolute atomic E-state index is 11.9. The first kappa shape index (κ1) is 12.4. The molecule has 1 heterocycles. The topological polar surface area (TPSA) is 55.1 Å². The minimum Gasteiger partial charge on any atom is -0.481 e. The summed E-state index contributed by atoms with van der Waals surface area (Å²) in [6.45, 7) is 0. The Morgan fingerprint density at radius 3 is 2.30 bits per heavy atom. The van der Waals surface area contributed by atoms with Gasteiger partial charge < -0.3 is 9.67 Å². The van der Waals surface area contributed by atoms with E-state index in [4.69, 9.17) is 0 Å². The summed E-state index contributed by atoms with van der Waals surface area (Å²) < 4.78 is 1.89. The molecule has 1 aromatic rings. The van der Waals surface area contributed by atoms with Gasteiger partial charge in [0.15, 0.2) is 0 Å². The summed E-state index contributed by atoms with van der Waals surface area (Å²) in [5.74, 6) is 2.94. The molecule has 0 radical (unpaired) electrons. The Bertz CT molecular complexity index is 508. The molecule has 4 bridgehead atoms. The SMILES string of the molecule is Cn1ccnc1C(C(=O)O)C1C2CC3CC(C2)CC1C3. The Balaban J connectivity index is 1.71. The van der Waals surface area contributed by atoms with E-state index in [9.17, 15) is 9.90 Å². The number of carbonyl (C=O) groups is 1. The van der Waals surface area contributed by atoms with Crippen LogP contribution in [0.3, 0.4) is 0 Å². The van der Waals surface area contributed by atoms with Crippen molar-refractivity contribution in [2.45, 2.75) is 38.0 Å². The van der Waals surface area contributed by atoms with Gasteiger partial charge in [-0.3, -0.25) is 4.79 Å². The molecule has 4 aliphatic rings. The van der Waals surface area contributed by atoms with Crippen molar-refractivity contribution in [1.82, 2.24) is 9.55 Å². The van der Waals surface area contributed by atoms with Gasteiger partial charge >= 0.3 is 5.97 Å². The maximum atomic E-state index is 11.9. The summed E-state index contributed by atoms with van der Waals surface area (Å²) in [7, 11) is 1.91. The van der Waals surface area contributed by atoms with Crippen LogP contribution in [0, 0.1) is 29.6 Å². The normalized spacial score (nSPS) is 40.0. The largest absolute Gasteiger partial charge is 0.481 e. The van der Waals surface area contributed by atoms with E-state index in [0.717, 1.165) is 17.7 Å². The van der Waals surface area contributed by atoms with Crippen molar-refractivity contribution in [3.8, 4) is 0 Å². The van der Waals surface area contributed by atoms with Gasteiger partial charge in [0.1, 0.15) is 11.7 Å². The van der Waals surface area contributed by atoms with Gasteiger partial charge in [0, 0.05) is 19.4 Å². The van der Waals surface area contributed by atoms with Crippen molar-refractivity contribution >= 4 is 5.97 Å². The molecular weight excluding hydrogens is 252 g/mol. The summed E-state index contributed by atoms with van der Waals surface area (Å²) in [6.07, 6.45) is 10.0. The second-order valence-electron chi connectivity index (χ2n) is 7.22. The minimum atomic E-state index is -0.684. The van der Waals surface area contributed by atoms with E-state index in [1.165, 1.54) is 32.1 Å². The van der Waals surface area contributed by atoms with Crippen LogP contribution in [0.4, 0.5) is 0 Å². The number of rotatable bonds is 3. The van der Waals surface area contributed by atoms with Crippen molar-refractivity contribution in [2.75, 3.05) is 0 Å². The van der Waals surface area contributed by atoms with Crippen LogP contribution in [0.2, 0.25) is 0 Å². The van der Waals surface area contributed by atoms with Gasteiger partial charge in [0.25, 0.3) is 0 Å². The van der Waals surface area contributed by atoms with E-state index >= 15 is 0 Å². The van der Waals surface area contributed by atoms with E-state index < -0.39 is 11.9 Å². The van der Waals surface area contributed by atoms with Crippen LogP contribution >= 0.6 is 0 Å². The Labute approximate surface area is 119 Å². The van der Waals surface area contributed by atoms with E-state index in [-0.39, 0.29) is 0 Å². The number of hydrogen-bond acceptors (Lipinski definition) is 2. The minimum absolute atomic E-state index is 0.307. The van der Waals surface area contributed by atoms with Crippen molar-refractivity contribution in [3.05, 3.63) is 18.2 Å². The zero-order valence-corrected chi connectivity index (χ0v) is 11.9. The first-order chi connectivity index (χ1) is 9.63. The summed E-state index contributed by atoms with van der Waals surface area (Å²) in [5.41, 5.74) is 0. The molecule has 0 spiro atoms. The molecular formula is C16H22N2O2. The average Bonchev–Trinajstić information content (AvgIpc) is 2.78. The van der Waals surface area contributed by atoms with Crippen LogP contribution < -0.4 is 0 Å². The zero-order chi connectivity index (χ0) is 13.9. The quantitative estimate of drug-likeness (QED) is 0.922. The van der Waals surface area contributed by atoms with Crippen LogP contribution in [0.5, 0.6) is 0 Å². The number of carboxylic acid groups (broad SMARTS) is 1. The lowest BCUT2D eigenvalue weighted by Gasteiger charge is -2.55. The third kappa shape index (κ3) is 1.73. The van der Waals surface area contributed by atoms with Crippen LogP contribution in [0.1, 0.15) is 43.8 Å². The summed E-state index contributed by atoms with van der Waals surface area (Å²) in [6, 6.07) is 0. The van der Waals surface area contributed by atoms with Crippen molar-refractivity contribution in [3.63, 3.8) is 0 Å². The van der Waals surface area contributed by atoms with Crippen molar-refractivity contribution in [2.24, 2.45) is 36.6 Å². The van der Waals surface area contributed by atoms with Gasteiger partial charge in [-0.1, -0.05) is 0 Å². The molecule has 4 nitrogen and oxygen atoms in total. The third-order valence-electron chi connectivity index (χ3n) is 6.09. The molecule has 0 aromatic carbocycles. The lowest BCUT2D eigenvalue weighted by atomic mass is 9.49. The molecule has 20 heavy (non-hydrogen) atoms. The molecule has 1 N–H and O–H groups in total. The second-order valence-corrected chi connectivity index (χ2v) is 7.22. The van der Waals surface area contributed by atoms with Gasteiger partial charge in [0.2, 0.25) is 0 Å². The Morgan fingerprint density at radius 1 is 1.25 bits per heavy atom. The summed E-state index contributed by atoms with van der Waals surface area (Å²) in [4.78, 5) is 16.3. The second kappa shape index (κ2) is 4.34. The first-order valence-corrected chi connectivity index (χ1v) is 7.83. The number of carboxylic acids is 1. The smallest absolute Gasteiger partial charge is 0.314 e. The number of aromatic nitrogens is 2. The highest BCUT2D eigenvalue weighted by molar-refractivity contribution is 5.75. The maximum Gasteiger partial charge on any atom is 0.314 e. The predicted octanol–water partition coefficient (Wildman–Crippen LogP) is 2.66. The molecule has 1 unspecified atom stereocenters. The number of nitrogens with zero attached hydrogens (tertiary/aromatic N) is 2. The standard InChI is InChI=1S/C16H22N2O2/c1-18-3-2-17-15(18)14(16(19)20)13-11-5-9-4-10(7-11)8-12(13)6-9/h2-3,9-14H,4-8H2,1H3,(H,19,20). The van der Waals surface area contributed by atoms with Crippen LogP contribution in [0.15, 0.2) is 12.4 Å². The fraction of sp³-hybridized carbons (Fsp3) is 0.750. The van der Waals surface area contributed by atoms with Gasteiger partial charge in [0.05, 0.1) is 0 Å². The molecule has 0 aliphatic heterocycles. The van der Waals surface area contributed by atoms with Crippen LogP contribution in [-0.4, -0.2) is 20.6 Å². The highest BCUT2D eigenvalue weighted by Crippen LogP contribution is 2.59. The van der Waals surface area contributed by atoms with Crippen molar-refractivity contribution < 1.29 is 9.90 Å². The highest BCUT2D eigenvalue weighted by Gasteiger charge is 2.53. The van der Waals surface area contributed by atoms with E-state index in [1.807, 2.05) is 17.8 Å². The van der Waals surface area contributed by atoms with Crippen LogP contribution in [-0.2, 0) is 11.8 Å². The highest BCUT2D eigenvalue weighted by atomic mass is 16.4. The fourth-order valence-corrected chi connectivity index (χ4v) is 5.64. The van der Waals surface area contributed by atoms with E-state index in [2.05, 4.69) is 4.98 Å². The third-order valence-corrected chi connectivity index (χ3v) is 6.09. The Hall–Kier alpha value is -1.32. The van der Waals surface area contributed by atoms with Gasteiger partial charge in [-0.2, -0.15) is 0 Å². The lowest BCUT2D eigenvalue weighted by molar-refractivity contribution is -0.146. The molecule has 4 heteroatoms. The molecule has 0 amide bonds. The number of aliphatic carboxylic acids is 1. The average molecular weight is 274 g/mol. The molecule has 4 aliphatic carbocycles. The number of aryl methyl sites for hydroxylation is 1. The van der Waals surface area contributed by atoms with Gasteiger partial charge in [-0.25, -0.2) is 4.98 Å². The van der Waals surface area contributed by atoms with Crippen molar-refractivity contribution in [1.29, 1.82) is 0 Å². The molecule has 5 rings (SSSR count). The monoisotopic (exact) mass is 274 g/mol. The molecule has 4 saturated carbocycles. The zero-order valence-electron chi connectivity index (χ0n) is 11.9.